The summed E-state index contributed by atoms with van der Waals surface area (Å²) >= 11 is 0. The molecular formula is C12H14N2O3. The van der Waals surface area contributed by atoms with Crippen LogP contribution in [0.2, 0.25) is 0 Å². The Labute approximate surface area is 97.8 Å². The van der Waals surface area contributed by atoms with E-state index in [0.717, 1.165) is 25.9 Å². The minimum absolute atomic E-state index is 0.148. The van der Waals surface area contributed by atoms with Crippen LogP contribution in [0.3, 0.4) is 0 Å². The van der Waals surface area contributed by atoms with E-state index in [1.165, 1.54) is 0 Å². The average Bonchev–Trinajstić information content (AvgIpc) is 2.72. The highest BCUT2D eigenvalue weighted by Gasteiger charge is 2.16. The molecule has 5 nitrogen and oxygen atoms in total. The highest BCUT2D eigenvalue weighted by molar-refractivity contribution is 5.78. The first-order valence-electron chi connectivity index (χ1n) is 5.82. The van der Waals surface area contributed by atoms with Gasteiger partial charge in [0.05, 0.1) is 5.52 Å². The summed E-state index contributed by atoms with van der Waals surface area (Å²) in [4.78, 5) is 13.8. The SMILES string of the molecule is O=c1[nH]c2cccc(OC3CCCNC3)c2o1. The first kappa shape index (κ1) is 10.4. The summed E-state index contributed by atoms with van der Waals surface area (Å²) in [6, 6.07) is 5.47. The molecule has 3 rings (SSSR count). The number of hydrogen-bond donors (Lipinski definition) is 2. The van der Waals surface area contributed by atoms with Crippen molar-refractivity contribution in [3.63, 3.8) is 0 Å². The first-order valence-corrected chi connectivity index (χ1v) is 5.82. The van der Waals surface area contributed by atoms with E-state index in [4.69, 9.17) is 9.15 Å². The van der Waals surface area contributed by atoms with Gasteiger partial charge in [-0.1, -0.05) is 6.07 Å². The van der Waals surface area contributed by atoms with Crippen molar-refractivity contribution in [3.8, 4) is 5.75 Å². The topological polar surface area (TPSA) is 67.3 Å². The normalized spacial score (nSPS) is 20.6. The quantitative estimate of drug-likeness (QED) is 0.820. The van der Waals surface area contributed by atoms with Gasteiger partial charge in [-0.3, -0.25) is 4.98 Å². The highest BCUT2D eigenvalue weighted by Crippen LogP contribution is 2.25. The number of hydrogen-bond acceptors (Lipinski definition) is 4. The van der Waals surface area contributed by atoms with Crippen LogP contribution in [0.4, 0.5) is 0 Å². The zero-order valence-electron chi connectivity index (χ0n) is 9.36. The van der Waals surface area contributed by atoms with Gasteiger partial charge in [-0.05, 0) is 31.5 Å². The summed E-state index contributed by atoms with van der Waals surface area (Å²) in [7, 11) is 0. The lowest BCUT2D eigenvalue weighted by Gasteiger charge is -2.23. The fourth-order valence-electron chi connectivity index (χ4n) is 2.14. The maximum Gasteiger partial charge on any atom is 0.417 e. The number of para-hydroxylation sites is 1. The Morgan fingerprint density at radius 1 is 1.41 bits per heavy atom. The summed E-state index contributed by atoms with van der Waals surface area (Å²) < 4.78 is 11.0. The summed E-state index contributed by atoms with van der Waals surface area (Å²) in [5.41, 5.74) is 1.18. The molecule has 2 N–H and O–H groups in total. The molecule has 1 atom stereocenters. The van der Waals surface area contributed by atoms with E-state index in [-0.39, 0.29) is 6.10 Å². The third-order valence-electron chi connectivity index (χ3n) is 2.96. The molecule has 1 aromatic heterocycles. The van der Waals surface area contributed by atoms with Gasteiger partial charge in [-0.25, -0.2) is 4.79 Å². The van der Waals surface area contributed by atoms with Gasteiger partial charge in [-0.2, -0.15) is 0 Å². The van der Waals surface area contributed by atoms with Crippen molar-refractivity contribution in [1.29, 1.82) is 0 Å². The molecule has 0 bridgehead atoms. The Bertz CT molecular complexity index is 566. The van der Waals surface area contributed by atoms with E-state index in [9.17, 15) is 4.79 Å². The van der Waals surface area contributed by atoms with Crippen LogP contribution in [0, 0.1) is 0 Å². The number of rotatable bonds is 2. The Morgan fingerprint density at radius 2 is 2.35 bits per heavy atom. The fraction of sp³-hybridized carbons (Fsp3) is 0.417. The van der Waals surface area contributed by atoms with Crippen LogP contribution in [0.5, 0.6) is 5.75 Å². The molecule has 1 aromatic carbocycles. The molecule has 0 radical (unpaired) electrons. The fourth-order valence-corrected chi connectivity index (χ4v) is 2.14. The number of H-pyrrole nitrogens is 1. The number of oxazole rings is 1. The average molecular weight is 234 g/mol. The van der Waals surface area contributed by atoms with Gasteiger partial charge in [0, 0.05) is 6.54 Å². The standard InChI is InChI=1S/C12H14N2O3/c15-12-14-9-4-1-5-10(11(9)17-12)16-8-3-2-6-13-7-8/h1,4-5,8,13H,2-3,6-7H2,(H,14,15). The molecule has 1 saturated heterocycles. The third kappa shape index (κ3) is 2.06. The van der Waals surface area contributed by atoms with Gasteiger partial charge in [0.1, 0.15) is 6.10 Å². The maximum absolute atomic E-state index is 11.1. The minimum atomic E-state index is -0.446. The van der Waals surface area contributed by atoms with Crippen LogP contribution >= 0.6 is 0 Å². The molecule has 0 spiro atoms. The van der Waals surface area contributed by atoms with E-state index < -0.39 is 5.76 Å². The van der Waals surface area contributed by atoms with Crippen LogP contribution in [0.25, 0.3) is 11.1 Å². The van der Waals surface area contributed by atoms with Crippen molar-refractivity contribution in [3.05, 3.63) is 28.7 Å². The number of benzene rings is 1. The molecule has 17 heavy (non-hydrogen) atoms. The van der Waals surface area contributed by atoms with Crippen molar-refractivity contribution >= 4 is 11.1 Å². The lowest BCUT2D eigenvalue weighted by atomic mass is 10.1. The van der Waals surface area contributed by atoms with Crippen molar-refractivity contribution in [2.45, 2.75) is 18.9 Å². The molecule has 1 fully saturated rings. The second-order valence-corrected chi connectivity index (χ2v) is 4.23. The molecule has 2 aromatic rings. The van der Waals surface area contributed by atoms with Gasteiger partial charge in [0.2, 0.25) is 0 Å². The molecule has 1 aliphatic rings. The number of ether oxygens (including phenoxy) is 1. The maximum atomic E-state index is 11.1. The molecule has 90 valence electrons. The Hall–Kier alpha value is -1.75. The number of aromatic nitrogens is 1. The lowest BCUT2D eigenvalue weighted by molar-refractivity contribution is 0.167. The van der Waals surface area contributed by atoms with Crippen LogP contribution in [0.1, 0.15) is 12.8 Å². The van der Waals surface area contributed by atoms with E-state index in [1.807, 2.05) is 12.1 Å². The minimum Gasteiger partial charge on any atom is -0.485 e. The largest absolute Gasteiger partial charge is 0.485 e. The Kier molecular flexibility index (Phi) is 2.60. The van der Waals surface area contributed by atoms with E-state index >= 15 is 0 Å². The van der Waals surface area contributed by atoms with E-state index in [0.29, 0.717) is 16.8 Å². The number of piperidine rings is 1. The third-order valence-corrected chi connectivity index (χ3v) is 2.96. The molecular weight excluding hydrogens is 220 g/mol. The van der Waals surface area contributed by atoms with E-state index in [2.05, 4.69) is 10.3 Å². The monoisotopic (exact) mass is 234 g/mol. The lowest BCUT2D eigenvalue weighted by Crippen LogP contribution is -2.37. The molecule has 0 amide bonds. The molecule has 0 aliphatic carbocycles. The van der Waals surface area contributed by atoms with Crippen LogP contribution in [-0.4, -0.2) is 24.2 Å². The highest BCUT2D eigenvalue weighted by atomic mass is 16.5. The predicted molar refractivity (Wildman–Crippen MR) is 63.4 cm³/mol. The van der Waals surface area contributed by atoms with E-state index in [1.54, 1.807) is 6.07 Å². The predicted octanol–water partition coefficient (Wildman–Crippen LogP) is 1.25. The molecule has 1 unspecified atom stereocenters. The molecule has 2 heterocycles. The molecule has 5 heteroatoms. The zero-order valence-corrected chi connectivity index (χ0v) is 9.36. The van der Waals surface area contributed by atoms with Gasteiger partial charge in [0.15, 0.2) is 11.3 Å². The molecule has 1 aliphatic heterocycles. The summed E-state index contributed by atoms with van der Waals surface area (Å²) in [5.74, 6) is 0.187. The van der Waals surface area contributed by atoms with Crippen molar-refractivity contribution in [2.24, 2.45) is 0 Å². The summed E-state index contributed by atoms with van der Waals surface area (Å²) in [6.45, 7) is 1.88. The van der Waals surface area contributed by atoms with Gasteiger partial charge in [-0.15, -0.1) is 0 Å². The van der Waals surface area contributed by atoms with Crippen LogP contribution < -0.4 is 15.8 Å². The van der Waals surface area contributed by atoms with Crippen molar-refractivity contribution in [1.82, 2.24) is 10.3 Å². The smallest absolute Gasteiger partial charge is 0.417 e. The second kappa shape index (κ2) is 4.25. The number of nitrogens with one attached hydrogen (secondary N) is 2. The summed E-state index contributed by atoms with van der Waals surface area (Å²) in [5, 5.41) is 3.28. The Morgan fingerprint density at radius 3 is 3.18 bits per heavy atom. The van der Waals surface area contributed by atoms with Gasteiger partial charge < -0.3 is 14.5 Å². The summed E-state index contributed by atoms with van der Waals surface area (Å²) in [6.07, 6.45) is 2.28. The van der Waals surface area contributed by atoms with Crippen LogP contribution in [-0.2, 0) is 0 Å². The number of aromatic amines is 1. The van der Waals surface area contributed by atoms with Crippen molar-refractivity contribution in [2.75, 3.05) is 13.1 Å². The van der Waals surface area contributed by atoms with Crippen molar-refractivity contribution < 1.29 is 9.15 Å². The number of fused-ring (bicyclic) bond motifs is 1. The van der Waals surface area contributed by atoms with Gasteiger partial charge in [0.25, 0.3) is 0 Å². The van der Waals surface area contributed by atoms with Crippen LogP contribution in [0.15, 0.2) is 27.4 Å². The first-order chi connectivity index (χ1) is 8.33. The zero-order chi connectivity index (χ0) is 11.7. The Balaban J connectivity index is 1.91. The second-order valence-electron chi connectivity index (χ2n) is 4.23. The molecule has 0 saturated carbocycles. The van der Waals surface area contributed by atoms with Gasteiger partial charge >= 0.3 is 5.76 Å².